The van der Waals surface area contributed by atoms with Gasteiger partial charge < -0.3 is 10.6 Å². The van der Waals surface area contributed by atoms with E-state index in [2.05, 4.69) is 17.6 Å². The van der Waals surface area contributed by atoms with Crippen molar-refractivity contribution in [3.05, 3.63) is 0 Å². The molecule has 0 spiro atoms. The van der Waals surface area contributed by atoms with E-state index < -0.39 is 0 Å². The summed E-state index contributed by atoms with van der Waals surface area (Å²) in [6.45, 7) is 5.35. The van der Waals surface area contributed by atoms with Crippen LogP contribution in [-0.4, -0.2) is 25.0 Å². The van der Waals surface area contributed by atoms with E-state index >= 15 is 0 Å². The molecule has 0 aliphatic heterocycles. The number of rotatable bonds is 5. The molecule has 1 atom stereocenters. The van der Waals surface area contributed by atoms with Gasteiger partial charge in [0.15, 0.2) is 0 Å². The van der Waals surface area contributed by atoms with Crippen molar-refractivity contribution in [2.75, 3.05) is 13.1 Å². The maximum Gasteiger partial charge on any atom is 0.233 e. The zero-order chi connectivity index (χ0) is 11.8. The Bertz CT molecular complexity index is 198. The van der Waals surface area contributed by atoms with Gasteiger partial charge in [-0.3, -0.25) is 4.79 Å². The summed E-state index contributed by atoms with van der Waals surface area (Å²) in [5.41, 5.74) is 0. The summed E-state index contributed by atoms with van der Waals surface area (Å²) >= 11 is 0. The number of hydrogen-bond acceptors (Lipinski definition) is 2. The molecule has 0 bridgehead atoms. The molecule has 1 rings (SSSR count). The van der Waals surface area contributed by atoms with Crippen LogP contribution in [0.15, 0.2) is 0 Å². The molecule has 0 heterocycles. The summed E-state index contributed by atoms with van der Waals surface area (Å²) in [6.07, 6.45) is 8.14. The maximum atomic E-state index is 11.3. The first kappa shape index (κ1) is 13.5. The molecule has 0 saturated heterocycles. The minimum atomic E-state index is 0.114. The van der Waals surface area contributed by atoms with Gasteiger partial charge in [0.2, 0.25) is 5.91 Å². The zero-order valence-electron chi connectivity index (χ0n) is 10.7. The van der Waals surface area contributed by atoms with Gasteiger partial charge in [0.1, 0.15) is 0 Å². The van der Waals surface area contributed by atoms with Crippen LogP contribution in [0, 0.1) is 5.92 Å². The van der Waals surface area contributed by atoms with Crippen molar-refractivity contribution in [2.24, 2.45) is 5.92 Å². The van der Waals surface area contributed by atoms with Crippen molar-refractivity contribution in [1.82, 2.24) is 10.6 Å². The molecule has 1 aliphatic rings. The van der Waals surface area contributed by atoms with Gasteiger partial charge in [0.25, 0.3) is 0 Å². The molecule has 1 fully saturated rings. The highest BCUT2D eigenvalue weighted by Crippen LogP contribution is 2.25. The number of carbonyl (C=O) groups excluding carboxylic acids is 1. The summed E-state index contributed by atoms with van der Waals surface area (Å²) in [5, 5.41) is 6.17. The maximum absolute atomic E-state index is 11.3. The average Bonchev–Trinajstić information content (AvgIpc) is 2.55. The molecule has 0 aromatic carbocycles. The Labute approximate surface area is 99.4 Å². The Kier molecular flexibility index (Phi) is 6.46. The zero-order valence-corrected chi connectivity index (χ0v) is 10.7. The summed E-state index contributed by atoms with van der Waals surface area (Å²) in [4.78, 5) is 11.3. The molecule has 0 aromatic heterocycles. The molecule has 3 heteroatoms. The minimum Gasteiger partial charge on any atom is -0.355 e. The Hall–Kier alpha value is -0.570. The number of carbonyl (C=O) groups is 1. The predicted octanol–water partition coefficient (Wildman–Crippen LogP) is 2.07. The molecule has 3 nitrogen and oxygen atoms in total. The quantitative estimate of drug-likeness (QED) is 0.705. The van der Waals surface area contributed by atoms with Gasteiger partial charge in [-0.25, -0.2) is 0 Å². The lowest BCUT2D eigenvalue weighted by molar-refractivity contribution is -0.120. The van der Waals surface area contributed by atoms with E-state index in [1.54, 1.807) is 0 Å². The lowest BCUT2D eigenvalue weighted by atomic mass is 9.93. The number of hydrogen-bond donors (Lipinski definition) is 2. The van der Waals surface area contributed by atoms with Gasteiger partial charge in [-0.2, -0.15) is 0 Å². The highest BCUT2D eigenvalue weighted by atomic mass is 16.1. The van der Waals surface area contributed by atoms with Crippen LogP contribution in [0.2, 0.25) is 0 Å². The van der Waals surface area contributed by atoms with E-state index in [0.717, 1.165) is 12.5 Å². The molecule has 0 radical (unpaired) electrons. The van der Waals surface area contributed by atoms with Crippen LogP contribution >= 0.6 is 0 Å². The van der Waals surface area contributed by atoms with Crippen molar-refractivity contribution in [3.63, 3.8) is 0 Å². The van der Waals surface area contributed by atoms with Crippen LogP contribution in [0.1, 0.15) is 52.4 Å². The van der Waals surface area contributed by atoms with Gasteiger partial charge >= 0.3 is 0 Å². The standard InChI is InChI=1S/C13H26N2O/c1-3-14-13(16)10-15-11(2)12-8-6-4-5-7-9-12/h11-12,15H,3-10H2,1-2H3,(H,14,16)/t11-/m1/s1. The van der Waals surface area contributed by atoms with E-state index in [9.17, 15) is 4.79 Å². The molecule has 2 N–H and O–H groups in total. The molecule has 1 amide bonds. The third-order valence-corrected chi connectivity index (χ3v) is 3.57. The lowest BCUT2D eigenvalue weighted by Gasteiger charge is -2.23. The second-order valence-corrected chi connectivity index (χ2v) is 4.87. The fraction of sp³-hybridized carbons (Fsp3) is 0.923. The predicted molar refractivity (Wildman–Crippen MR) is 67.3 cm³/mol. The van der Waals surface area contributed by atoms with Gasteiger partial charge in [-0.05, 0) is 32.6 Å². The molecule has 1 saturated carbocycles. The Morgan fingerprint density at radius 2 is 1.88 bits per heavy atom. The van der Waals surface area contributed by atoms with Crippen LogP contribution in [0.25, 0.3) is 0 Å². The number of nitrogens with one attached hydrogen (secondary N) is 2. The van der Waals surface area contributed by atoms with Gasteiger partial charge in [-0.15, -0.1) is 0 Å². The van der Waals surface area contributed by atoms with Crippen LogP contribution in [0.3, 0.4) is 0 Å². The van der Waals surface area contributed by atoms with Gasteiger partial charge in [-0.1, -0.05) is 25.7 Å². The smallest absolute Gasteiger partial charge is 0.233 e. The second-order valence-electron chi connectivity index (χ2n) is 4.87. The molecule has 0 aromatic rings. The first-order valence-corrected chi connectivity index (χ1v) is 6.74. The van der Waals surface area contributed by atoms with Crippen molar-refractivity contribution >= 4 is 5.91 Å². The SMILES string of the molecule is CCNC(=O)CN[C@H](C)C1CCCCCC1. The third kappa shape index (κ3) is 4.97. The Balaban J connectivity index is 2.22. The normalized spacial score (nSPS) is 20.1. The summed E-state index contributed by atoms with van der Waals surface area (Å²) in [6, 6.07) is 0.473. The van der Waals surface area contributed by atoms with Crippen LogP contribution in [-0.2, 0) is 4.79 Å². The lowest BCUT2D eigenvalue weighted by Crippen LogP contribution is -2.41. The molecule has 94 valence electrons. The third-order valence-electron chi connectivity index (χ3n) is 3.57. The highest BCUT2D eigenvalue weighted by molar-refractivity contribution is 5.77. The van der Waals surface area contributed by atoms with Crippen LogP contribution in [0.5, 0.6) is 0 Å². The van der Waals surface area contributed by atoms with Crippen LogP contribution in [0.4, 0.5) is 0 Å². The first-order chi connectivity index (χ1) is 7.74. The molecule has 1 aliphatic carbocycles. The fourth-order valence-corrected chi connectivity index (χ4v) is 2.49. The first-order valence-electron chi connectivity index (χ1n) is 6.74. The minimum absolute atomic E-state index is 0.114. The Morgan fingerprint density at radius 3 is 2.44 bits per heavy atom. The van der Waals surface area contributed by atoms with Crippen molar-refractivity contribution in [3.8, 4) is 0 Å². The Morgan fingerprint density at radius 1 is 1.25 bits per heavy atom. The topological polar surface area (TPSA) is 41.1 Å². The van der Waals surface area contributed by atoms with Crippen LogP contribution < -0.4 is 10.6 Å². The van der Waals surface area contributed by atoms with E-state index in [4.69, 9.17) is 0 Å². The molecule has 0 unspecified atom stereocenters. The summed E-state index contributed by atoms with van der Waals surface area (Å²) in [7, 11) is 0. The number of likely N-dealkylation sites (N-methyl/N-ethyl adjacent to an activating group) is 1. The fourth-order valence-electron chi connectivity index (χ4n) is 2.49. The van der Waals surface area contributed by atoms with Crippen molar-refractivity contribution < 1.29 is 4.79 Å². The van der Waals surface area contributed by atoms with Gasteiger partial charge in [0, 0.05) is 12.6 Å². The van der Waals surface area contributed by atoms with E-state index in [1.165, 1.54) is 38.5 Å². The number of amides is 1. The largest absolute Gasteiger partial charge is 0.355 e. The molecular formula is C13H26N2O. The van der Waals surface area contributed by atoms with E-state index in [1.807, 2.05) is 6.92 Å². The highest BCUT2D eigenvalue weighted by Gasteiger charge is 2.18. The second kappa shape index (κ2) is 7.66. The monoisotopic (exact) mass is 226 g/mol. The van der Waals surface area contributed by atoms with Crippen molar-refractivity contribution in [2.45, 2.75) is 58.4 Å². The van der Waals surface area contributed by atoms with Crippen molar-refractivity contribution in [1.29, 1.82) is 0 Å². The molecule has 16 heavy (non-hydrogen) atoms. The average molecular weight is 226 g/mol. The van der Waals surface area contributed by atoms with E-state index in [0.29, 0.717) is 12.6 Å². The van der Waals surface area contributed by atoms with E-state index in [-0.39, 0.29) is 5.91 Å². The summed E-state index contributed by atoms with van der Waals surface area (Å²) < 4.78 is 0. The summed E-state index contributed by atoms with van der Waals surface area (Å²) in [5.74, 6) is 0.875. The van der Waals surface area contributed by atoms with Gasteiger partial charge in [0.05, 0.1) is 6.54 Å². The molecular weight excluding hydrogens is 200 g/mol.